The van der Waals surface area contributed by atoms with Crippen LogP contribution in [0.25, 0.3) is 0 Å². The van der Waals surface area contributed by atoms with Gasteiger partial charge in [0.25, 0.3) is 0 Å². The van der Waals surface area contributed by atoms with Gasteiger partial charge >= 0.3 is 5.97 Å². The van der Waals surface area contributed by atoms with Gasteiger partial charge in [-0.25, -0.2) is 9.37 Å². The van der Waals surface area contributed by atoms with Gasteiger partial charge in [0.1, 0.15) is 17.6 Å². The number of rotatable bonds is 15. The lowest BCUT2D eigenvalue weighted by atomic mass is 9.88. The second kappa shape index (κ2) is 21.8. The van der Waals surface area contributed by atoms with E-state index < -0.39 is 17.8 Å². The molecule has 3 N–H and O–H groups in total. The van der Waals surface area contributed by atoms with E-state index in [1.807, 2.05) is 38.7 Å². The molecular weight excluding hydrogens is 589 g/mol. The molecule has 1 aromatic carbocycles. The van der Waals surface area contributed by atoms with Crippen LogP contribution in [0.1, 0.15) is 113 Å². The lowest BCUT2D eigenvalue weighted by Crippen LogP contribution is -2.36. The summed E-state index contributed by atoms with van der Waals surface area (Å²) < 4.78 is 30.9. The summed E-state index contributed by atoms with van der Waals surface area (Å²) in [7, 11) is 3.11. The Kier molecular flexibility index (Phi) is 18.6. The molecule has 0 saturated carbocycles. The molecule has 1 aromatic heterocycles. The van der Waals surface area contributed by atoms with Crippen molar-refractivity contribution in [2.75, 3.05) is 59.0 Å². The molecule has 1 saturated heterocycles. The number of pyridine rings is 1. The molecule has 1 atom stereocenters. The smallest absolute Gasteiger partial charge is 0.325 e. The standard InChI is InChI=1S/C20H30FNO4.C14H22N2O2.C2H6/c1-4-8-22(9-5-2)18(20(23)24)16-12-15(13-17(21)19(16)25-3)14-6-10-26-11-7-14;1-18-13-10-11(6-3-2-4-9-17)16-14-12(13)7-5-8-15-14;1-2/h12-14,18H,4-11H2,1-3H3,(H,23,24);10,17H,2-9H2,1H3,(H,15,16);1-2H3. The number of fused-ring (bicyclic) bond motifs is 1. The van der Waals surface area contributed by atoms with E-state index in [2.05, 4.69) is 16.4 Å². The molecule has 4 rings (SSSR count). The second-order valence-electron chi connectivity index (χ2n) is 11.5. The van der Waals surface area contributed by atoms with Gasteiger partial charge in [0.15, 0.2) is 11.6 Å². The van der Waals surface area contributed by atoms with Crippen LogP contribution in [0, 0.1) is 5.82 Å². The lowest BCUT2D eigenvalue weighted by molar-refractivity contribution is -0.143. The first-order valence-corrected chi connectivity index (χ1v) is 17.2. The van der Waals surface area contributed by atoms with Gasteiger partial charge in [0.2, 0.25) is 0 Å². The molecule has 0 amide bonds. The van der Waals surface area contributed by atoms with Crippen molar-refractivity contribution in [2.45, 2.75) is 104 Å². The number of nitrogens with zero attached hydrogens (tertiary/aromatic N) is 2. The van der Waals surface area contributed by atoms with Gasteiger partial charge in [0.05, 0.1) is 14.2 Å². The number of aliphatic hydroxyl groups is 1. The number of hydrogen-bond donors (Lipinski definition) is 3. The number of aliphatic hydroxyl groups excluding tert-OH is 1. The van der Waals surface area contributed by atoms with Crippen LogP contribution in [0.3, 0.4) is 0 Å². The number of aliphatic carboxylic acids is 1. The fourth-order valence-electron chi connectivity index (χ4n) is 6.12. The zero-order valence-corrected chi connectivity index (χ0v) is 29.0. The van der Waals surface area contributed by atoms with Crippen molar-refractivity contribution in [3.05, 3.63) is 46.4 Å². The first-order valence-electron chi connectivity index (χ1n) is 17.2. The molecular formula is C36H58FN3O6. The van der Waals surface area contributed by atoms with Crippen LogP contribution in [0.15, 0.2) is 18.2 Å². The van der Waals surface area contributed by atoms with Crippen molar-refractivity contribution in [1.29, 1.82) is 0 Å². The molecule has 1 unspecified atom stereocenters. The van der Waals surface area contributed by atoms with Crippen LogP contribution in [-0.2, 0) is 22.4 Å². The molecule has 260 valence electrons. The number of halogens is 1. The number of aryl methyl sites for hydroxylation is 1. The number of carboxylic acids is 1. The third-order valence-corrected chi connectivity index (χ3v) is 8.25. The maximum absolute atomic E-state index is 14.8. The average Bonchev–Trinajstić information content (AvgIpc) is 3.08. The van der Waals surface area contributed by atoms with Crippen molar-refractivity contribution in [3.8, 4) is 11.5 Å². The van der Waals surface area contributed by atoms with Gasteiger partial charge < -0.3 is 29.7 Å². The Morgan fingerprint density at radius 3 is 2.37 bits per heavy atom. The third-order valence-electron chi connectivity index (χ3n) is 8.25. The summed E-state index contributed by atoms with van der Waals surface area (Å²) in [6.07, 6.45) is 9.41. The first-order chi connectivity index (χ1) is 22.4. The summed E-state index contributed by atoms with van der Waals surface area (Å²) in [5.74, 6) is 0.704. The van der Waals surface area contributed by atoms with E-state index >= 15 is 0 Å². The van der Waals surface area contributed by atoms with Gasteiger partial charge in [-0.1, -0.05) is 34.1 Å². The monoisotopic (exact) mass is 647 g/mol. The first kappa shape index (κ1) is 39.2. The van der Waals surface area contributed by atoms with E-state index in [-0.39, 0.29) is 18.3 Å². The fourth-order valence-corrected chi connectivity index (χ4v) is 6.12. The van der Waals surface area contributed by atoms with Crippen LogP contribution in [0.5, 0.6) is 11.5 Å². The Morgan fingerprint density at radius 2 is 1.78 bits per heavy atom. The van der Waals surface area contributed by atoms with Crippen LogP contribution >= 0.6 is 0 Å². The minimum Gasteiger partial charge on any atom is -0.496 e. The van der Waals surface area contributed by atoms with Crippen molar-refractivity contribution >= 4 is 11.8 Å². The Bertz CT molecular complexity index is 1150. The van der Waals surface area contributed by atoms with Crippen LogP contribution in [0.4, 0.5) is 10.2 Å². The Balaban J connectivity index is 0.000000321. The third kappa shape index (κ3) is 11.4. The highest BCUT2D eigenvalue weighted by Crippen LogP contribution is 2.38. The highest BCUT2D eigenvalue weighted by Gasteiger charge is 2.32. The van der Waals surface area contributed by atoms with Gasteiger partial charge in [-0.3, -0.25) is 9.69 Å². The molecule has 9 nitrogen and oxygen atoms in total. The highest BCUT2D eigenvalue weighted by molar-refractivity contribution is 5.77. The molecule has 10 heteroatoms. The lowest BCUT2D eigenvalue weighted by Gasteiger charge is -2.31. The van der Waals surface area contributed by atoms with Gasteiger partial charge in [-0.05, 0) is 94.5 Å². The summed E-state index contributed by atoms with van der Waals surface area (Å²) in [5, 5.41) is 22.0. The molecule has 0 radical (unpaired) electrons. The summed E-state index contributed by atoms with van der Waals surface area (Å²) in [4.78, 5) is 18.7. The molecule has 3 heterocycles. The number of carboxylic acid groups (broad SMARTS) is 1. The second-order valence-corrected chi connectivity index (χ2v) is 11.5. The average molecular weight is 648 g/mol. The van der Waals surface area contributed by atoms with E-state index in [4.69, 9.17) is 19.3 Å². The molecule has 0 aliphatic carbocycles. The van der Waals surface area contributed by atoms with E-state index in [1.165, 1.54) is 18.7 Å². The zero-order chi connectivity index (χ0) is 33.9. The van der Waals surface area contributed by atoms with Gasteiger partial charge in [-0.2, -0.15) is 0 Å². The van der Waals surface area contributed by atoms with Crippen LogP contribution < -0.4 is 14.8 Å². The number of anilines is 1. The summed E-state index contributed by atoms with van der Waals surface area (Å²) in [6, 6.07) is 4.46. The Labute approximate surface area is 275 Å². The number of carbonyl (C=O) groups is 1. The number of unbranched alkanes of at least 4 members (excludes halogenated alkanes) is 2. The maximum atomic E-state index is 14.8. The Morgan fingerprint density at radius 1 is 1.09 bits per heavy atom. The van der Waals surface area contributed by atoms with Crippen molar-refractivity contribution in [3.63, 3.8) is 0 Å². The molecule has 0 spiro atoms. The van der Waals surface area contributed by atoms with Crippen molar-refractivity contribution in [1.82, 2.24) is 9.88 Å². The normalized spacial score (nSPS) is 15.0. The van der Waals surface area contributed by atoms with Gasteiger partial charge in [-0.15, -0.1) is 0 Å². The van der Waals surface area contributed by atoms with Gasteiger partial charge in [0, 0.05) is 49.3 Å². The maximum Gasteiger partial charge on any atom is 0.325 e. The molecule has 2 aromatic rings. The number of methoxy groups -OCH3 is 2. The zero-order valence-electron chi connectivity index (χ0n) is 29.0. The largest absolute Gasteiger partial charge is 0.496 e. The highest BCUT2D eigenvalue weighted by atomic mass is 19.1. The van der Waals surface area contributed by atoms with E-state index in [0.717, 1.165) is 93.6 Å². The summed E-state index contributed by atoms with van der Waals surface area (Å²) >= 11 is 0. The summed E-state index contributed by atoms with van der Waals surface area (Å²) in [5.41, 5.74) is 3.53. The molecule has 2 aliphatic heterocycles. The fraction of sp³-hybridized carbons (Fsp3) is 0.667. The number of aromatic nitrogens is 1. The van der Waals surface area contributed by atoms with E-state index in [1.54, 1.807) is 7.11 Å². The minimum absolute atomic E-state index is 0.0328. The van der Waals surface area contributed by atoms with E-state index in [0.29, 0.717) is 31.9 Å². The van der Waals surface area contributed by atoms with Crippen LogP contribution in [-0.4, -0.2) is 79.7 Å². The van der Waals surface area contributed by atoms with Crippen LogP contribution in [0.2, 0.25) is 0 Å². The minimum atomic E-state index is -0.978. The molecule has 0 bridgehead atoms. The SMILES string of the molecule is CC.CCCN(CCC)C(C(=O)O)c1cc(C2CCOCC2)cc(F)c1OC.COc1cc(CCCCCO)nc2c1CCCN2. The number of hydrogen-bond acceptors (Lipinski definition) is 8. The topological polar surface area (TPSA) is 113 Å². The number of nitrogens with one attached hydrogen (secondary N) is 1. The number of benzene rings is 1. The predicted molar refractivity (Wildman–Crippen MR) is 182 cm³/mol. The van der Waals surface area contributed by atoms with E-state index in [9.17, 15) is 14.3 Å². The molecule has 2 aliphatic rings. The van der Waals surface area contributed by atoms with Crippen molar-refractivity contribution in [2.24, 2.45) is 0 Å². The molecule has 1 fully saturated rings. The Hall–Kier alpha value is -2.95. The summed E-state index contributed by atoms with van der Waals surface area (Å²) in [6.45, 7) is 11.9. The predicted octanol–water partition coefficient (Wildman–Crippen LogP) is 7.16. The molecule has 46 heavy (non-hydrogen) atoms. The number of ether oxygens (including phenoxy) is 3. The van der Waals surface area contributed by atoms with Crippen molar-refractivity contribution < 1.29 is 33.6 Å². The quantitative estimate of drug-likeness (QED) is 0.173.